The van der Waals surface area contributed by atoms with Crippen LogP contribution in [0.25, 0.3) is 11.0 Å². The number of rotatable bonds is 3. The lowest BCUT2D eigenvalue weighted by molar-refractivity contribution is 0.443. The second-order valence-corrected chi connectivity index (χ2v) is 4.67. The second kappa shape index (κ2) is 3.91. The molecule has 0 amide bonds. The summed E-state index contributed by atoms with van der Waals surface area (Å²) in [5.74, 6) is 1.00. The average molecular weight is 217 g/mol. The molecule has 0 radical (unpaired) electrons. The first-order valence-corrected chi connectivity index (χ1v) is 5.76. The standard InChI is InChI=1S/C13H19N3/c1-4-13(3,8-14)12-15-10-7-5-6-9(2)11(10)16-12/h5-7H,4,8,14H2,1-3H3,(H,15,16). The summed E-state index contributed by atoms with van der Waals surface area (Å²) in [5, 5.41) is 0. The molecule has 3 heteroatoms. The molecular formula is C13H19N3. The number of benzene rings is 1. The highest BCUT2D eigenvalue weighted by Gasteiger charge is 2.26. The molecule has 0 aliphatic heterocycles. The van der Waals surface area contributed by atoms with Crippen LogP contribution in [0.3, 0.4) is 0 Å². The number of nitrogens with zero attached hydrogens (tertiary/aromatic N) is 1. The number of aryl methyl sites for hydroxylation is 1. The summed E-state index contributed by atoms with van der Waals surface area (Å²) in [6.45, 7) is 6.99. The lowest BCUT2D eigenvalue weighted by Crippen LogP contribution is -2.32. The summed E-state index contributed by atoms with van der Waals surface area (Å²) in [5.41, 5.74) is 9.16. The van der Waals surface area contributed by atoms with Gasteiger partial charge in [0, 0.05) is 12.0 Å². The molecule has 2 rings (SSSR count). The summed E-state index contributed by atoms with van der Waals surface area (Å²) in [7, 11) is 0. The van der Waals surface area contributed by atoms with Crippen LogP contribution in [0.4, 0.5) is 0 Å². The van der Waals surface area contributed by atoms with Gasteiger partial charge in [0.25, 0.3) is 0 Å². The molecule has 0 bridgehead atoms. The Balaban J connectivity index is 2.59. The number of imidazole rings is 1. The van der Waals surface area contributed by atoms with Crippen LogP contribution in [0.1, 0.15) is 31.7 Å². The molecule has 16 heavy (non-hydrogen) atoms. The van der Waals surface area contributed by atoms with Gasteiger partial charge in [0.05, 0.1) is 11.0 Å². The van der Waals surface area contributed by atoms with E-state index in [9.17, 15) is 0 Å². The van der Waals surface area contributed by atoms with Gasteiger partial charge in [0.15, 0.2) is 0 Å². The van der Waals surface area contributed by atoms with E-state index in [1.54, 1.807) is 0 Å². The normalized spacial score (nSPS) is 15.2. The Bertz CT molecular complexity index is 495. The van der Waals surface area contributed by atoms with E-state index in [0.29, 0.717) is 6.54 Å². The van der Waals surface area contributed by atoms with Gasteiger partial charge < -0.3 is 10.7 Å². The monoisotopic (exact) mass is 217 g/mol. The Morgan fingerprint density at radius 1 is 1.44 bits per heavy atom. The van der Waals surface area contributed by atoms with Crippen LogP contribution in [0.5, 0.6) is 0 Å². The van der Waals surface area contributed by atoms with Crippen LogP contribution in [-0.4, -0.2) is 16.5 Å². The average Bonchev–Trinajstić information content (AvgIpc) is 2.74. The van der Waals surface area contributed by atoms with Crippen LogP contribution in [-0.2, 0) is 5.41 Å². The van der Waals surface area contributed by atoms with Crippen molar-refractivity contribution in [3.8, 4) is 0 Å². The van der Waals surface area contributed by atoms with Gasteiger partial charge in [0.1, 0.15) is 5.82 Å². The van der Waals surface area contributed by atoms with Crippen molar-refractivity contribution in [3.05, 3.63) is 29.6 Å². The largest absolute Gasteiger partial charge is 0.341 e. The minimum atomic E-state index is -0.0501. The molecule has 2 aromatic rings. The molecule has 0 fully saturated rings. The van der Waals surface area contributed by atoms with Crippen molar-refractivity contribution in [2.24, 2.45) is 5.73 Å². The van der Waals surface area contributed by atoms with Gasteiger partial charge in [-0.3, -0.25) is 0 Å². The molecule has 3 N–H and O–H groups in total. The van der Waals surface area contributed by atoms with Gasteiger partial charge in [0.2, 0.25) is 0 Å². The summed E-state index contributed by atoms with van der Waals surface area (Å²) < 4.78 is 0. The van der Waals surface area contributed by atoms with Gasteiger partial charge >= 0.3 is 0 Å². The summed E-state index contributed by atoms with van der Waals surface area (Å²) in [4.78, 5) is 8.08. The van der Waals surface area contributed by atoms with E-state index in [0.717, 1.165) is 23.3 Å². The van der Waals surface area contributed by atoms with Crippen LogP contribution in [0, 0.1) is 6.92 Å². The zero-order valence-corrected chi connectivity index (χ0v) is 10.2. The lowest BCUT2D eigenvalue weighted by Gasteiger charge is -2.23. The smallest absolute Gasteiger partial charge is 0.114 e. The van der Waals surface area contributed by atoms with E-state index < -0.39 is 0 Å². The zero-order chi connectivity index (χ0) is 11.8. The summed E-state index contributed by atoms with van der Waals surface area (Å²) in [6.07, 6.45) is 0.988. The third-order valence-corrected chi connectivity index (χ3v) is 3.52. The van der Waals surface area contributed by atoms with Crippen molar-refractivity contribution in [2.75, 3.05) is 6.54 Å². The molecule has 0 aliphatic carbocycles. The summed E-state index contributed by atoms with van der Waals surface area (Å²) in [6, 6.07) is 6.19. The van der Waals surface area contributed by atoms with Crippen molar-refractivity contribution in [1.29, 1.82) is 0 Å². The molecule has 86 valence electrons. The Kier molecular flexibility index (Phi) is 2.72. The number of para-hydroxylation sites is 1. The molecule has 1 heterocycles. The maximum atomic E-state index is 5.85. The molecule has 1 atom stereocenters. The van der Waals surface area contributed by atoms with Crippen molar-refractivity contribution in [3.63, 3.8) is 0 Å². The van der Waals surface area contributed by atoms with Crippen molar-refractivity contribution < 1.29 is 0 Å². The Hall–Kier alpha value is -1.35. The highest BCUT2D eigenvalue weighted by molar-refractivity contribution is 5.78. The Labute approximate surface area is 96.1 Å². The maximum absolute atomic E-state index is 5.85. The highest BCUT2D eigenvalue weighted by Crippen LogP contribution is 2.26. The quantitative estimate of drug-likeness (QED) is 0.830. The second-order valence-electron chi connectivity index (χ2n) is 4.67. The van der Waals surface area contributed by atoms with E-state index in [-0.39, 0.29) is 5.41 Å². The fraction of sp³-hybridized carbons (Fsp3) is 0.462. The molecular weight excluding hydrogens is 198 g/mol. The molecule has 0 aliphatic rings. The van der Waals surface area contributed by atoms with Crippen LogP contribution >= 0.6 is 0 Å². The third-order valence-electron chi connectivity index (χ3n) is 3.52. The minimum Gasteiger partial charge on any atom is -0.341 e. The minimum absolute atomic E-state index is 0.0501. The Morgan fingerprint density at radius 3 is 2.75 bits per heavy atom. The molecule has 0 saturated heterocycles. The Morgan fingerprint density at radius 2 is 2.19 bits per heavy atom. The predicted octanol–water partition coefficient (Wildman–Crippen LogP) is 2.50. The van der Waals surface area contributed by atoms with Crippen LogP contribution in [0.15, 0.2) is 18.2 Å². The SMILES string of the molecule is CCC(C)(CN)c1nc2c(C)cccc2[nH]1. The first-order valence-electron chi connectivity index (χ1n) is 5.76. The number of hydrogen-bond acceptors (Lipinski definition) is 2. The van der Waals surface area contributed by atoms with E-state index in [1.807, 2.05) is 6.07 Å². The number of fused-ring (bicyclic) bond motifs is 1. The zero-order valence-electron chi connectivity index (χ0n) is 10.2. The first-order chi connectivity index (χ1) is 7.60. The van der Waals surface area contributed by atoms with E-state index in [1.165, 1.54) is 5.56 Å². The van der Waals surface area contributed by atoms with Crippen LogP contribution in [0.2, 0.25) is 0 Å². The molecule has 0 saturated carbocycles. The lowest BCUT2D eigenvalue weighted by atomic mass is 9.87. The number of nitrogens with two attached hydrogens (primary N) is 1. The van der Waals surface area contributed by atoms with Gasteiger partial charge in [-0.05, 0) is 25.0 Å². The third kappa shape index (κ3) is 1.61. The van der Waals surface area contributed by atoms with Gasteiger partial charge in [-0.15, -0.1) is 0 Å². The summed E-state index contributed by atoms with van der Waals surface area (Å²) >= 11 is 0. The number of hydrogen-bond donors (Lipinski definition) is 2. The van der Waals surface area contributed by atoms with E-state index in [4.69, 9.17) is 10.7 Å². The predicted molar refractivity (Wildman–Crippen MR) is 67.5 cm³/mol. The molecule has 1 unspecified atom stereocenters. The highest BCUT2D eigenvalue weighted by atomic mass is 14.9. The van der Waals surface area contributed by atoms with Crippen molar-refractivity contribution in [2.45, 2.75) is 32.6 Å². The fourth-order valence-corrected chi connectivity index (χ4v) is 1.87. The van der Waals surface area contributed by atoms with E-state index in [2.05, 4.69) is 37.9 Å². The molecule has 1 aromatic carbocycles. The first kappa shape index (κ1) is 11.1. The van der Waals surface area contributed by atoms with Gasteiger partial charge in [-0.1, -0.05) is 26.0 Å². The van der Waals surface area contributed by atoms with Crippen molar-refractivity contribution in [1.82, 2.24) is 9.97 Å². The maximum Gasteiger partial charge on any atom is 0.114 e. The number of nitrogens with one attached hydrogen (secondary N) is 1. The van der Waals surface area contributed by atoms with Gasteiger partial charge in [-0.25, -0.2) is 4.98 Å². The van der Waals surface area contributed by atoms with Crippen molar-refractivity contribution >= 4 is 11.0 Å². The molecule has 3 nitrogen and oxygen atoms in total. The molecule has 0 spiro atoms. The topological polar surface area (TPSA) is 54.7 Å². The number of aromatic nitrogens is 2. The number of H-pyrrole nitrogens is 1. The fourth-order valence-electron chi connectivity index (χ4n) is 1.87. The molecule has 1 aromatic heterocycles. The van der Waals surface area contributed by atoms with E-state index >= 15 is 0 Å². The van der Waals surface area contributed by atoms with Crippen LogP contribution < -0.4 is 5.73 Å². The number of aromatic amines is 1. The van der Waals surface area contributed by atoms with Gasteiger partial charge in [-0.2, -0.15) is 0 Å².